The Morgan fingerprint density at radius 1 is 1.38 bits per heavy atom. The summed E-state index contributed by atoms with van der Waals surface area (Å²) in [5.41, 5.74) is 1.11. The van der Waals surface area contributed by atoms with Gasteiger partial charge in [0.2, 0.25) is 0 Å². The van der Waals surface area contributed by atoms with E-state index in [0.717, 1.165) is 30.8 Å². The summed E-state index contributed by atoms with van der Waals surface area (Å²) >= 11 is 5.70. The predicted molar refractivity (Wildman–Crippen MR) is 56.4 cm³/mol. The smallest absolute Gasteiger partial charge is 0.119 e. The number of rotatable bonds is 5. The predicted octanol–water partition coefficient (Wildman–Crippen LogP) is 3.60. The maximum Gasteiger partial charge on any atom is 0.119 e. The van der Waals surface area contributed by atoms with Crippen LogP contribution in [0.25, 0.3) is 0 Å². The van der Waals surface area contributed by atoms with Gasteiger partial charge in [0.15, 0.2) is 0 Å². The van der Waals surface area contributed by atoms with Crippen molar-refractivity contribution in [3.05, 3.63) is 29.8 Å². The quantitative estimate of drug-likeness (QED) is 0.519. The highest BCUT2D eigenvalue weighted by Gasteiger charge is 1.94. The summed E-state index contributed by atoms with van der Waals surface area (Å²) in [6.07, 6.45) is 2.26. The van der Waals surface area contributed by atoms with Gasteiger partial charge in [-0.1, -0.05) is 25.5 Å². The third-order valence-electron chi connectivity index (χ3n) is 1.82. The van der Waals surface area contributed by atoms with E-state index >= 15 is 0 Å². The third kappa shape index (κ3) is 3.69. The van der Waals surface area contributed by atoms with Crippen LogP contribution in [0.2, 0.25) is 0 Å². The van der Waals surface area contributed by atoms with Gasteiger partial charge < -0.3 is 4.74 Å². The van der Waals surface area contributed by atoms with E-state index in [1.54, 1.807) is 0 Å². The largest absolute Gasteiger partial charge is 0.494 e. The highest BCUT2D eigenvalue weighted by atomic mass is 35.5. The second-order valence-electron chi connectivity index (χ2n) is 2.98. The fourth-order valence-electron chi connectivity index (χ4n) is 1.05. The highest BCUT2D eigenvalue weighted by Crippen LogP contribution is 2.14. The van der Waals surface area contributed by atoms with Crippen LogP contribution in [0.15, 0.2) is 24.3 Å². The van der Waals surface area contributed by atoms with Crippen molar-refractivity contribution in [2.75, 3.05) is 6.61 Å². The minimum atomic E-state index is 0.547. The topological polar surface area (TPSA) is 9.23 Å². The van der Waals surface area contributed by atoms with Crippen LogP contribution in [0.5, 0.6) is 5.75 Å². The van der Waals surface area contributed by atoms with Gasteiger partial charge in [-0.25, -0.2) is 0 Å². The van der Waals surface area contributed by atoms with Crippen LogP contribution in [0.1, 0.15) is 25.3 Å². The molecule has 0 aliphatic carbocycles. The molecule has 0 atom stereocenters. The first-order valence-corrected chi connectivity index (χ1v) is 5.18. The van der Waals surface area contributed by atoms with Gasteiger partial charge in [0.25, 0.3) is 0 Å². The lowest BCUT2D eigenvalue weighted by atomic mass is 10.2. The first-order valence-electron chi connectivity index (χ1n) is 4.64. The molecule has 2 heteroatoms. The standard InChI is InChI=1S/C11H15ClO/c1-2-3-7-13-11-6-4-5-10(8-11)9-12/h4-6,8H,2-3,7,9H2,1H3. The summed E-state index contributed by atoms with van der Waals surface area (Å²) in [7, 11) is 0. The van der Waals surface area contributed by atoms with Crippen LogP contribution in [-0.2, 0) is 5.88 Å². The molecule has 72 valence electrons. The van der Waals surface area contributed by atoms with E-state index in [2.05, 4.69) is 6.92 Å². The first kappa shape index (κ1) is 10.4. The number of unbranched alkanes of at least 4 members (excludes halogenated alkanes) is 1. The zero-order chi connectivity index (χ0) is 9.52. The lowest BCUT2D eigenvalue weighted by Crippen LogP contribution is -1.96. The van der Waals surface area contributed by atoms with Crippen LogP contribution in [0, 0.1) is 0 Å². The molecule has 0 radical (unpaired) electrons. The SMILES string of the molecule is CCCCOc1cccc(CCl)c1. The van der Waals surface area contributed by atoms with Crippen molar-refractivity contribution < 1.29 is 4.74 Å². The van der Waals surface area contributed by atoms with E-state index in [4.69, 9.17) is 16.3 Å². The summed E-state index contributed by atoms with van der Waals surface area (Å²) in [5, 5.41) is 0. The Kier molecular flexibility index (Phi) is 4.69. The van der Waals surface area contributed by atoms with Crippen molar-refractivity contribution in [3.63, 3.8) is 0 Å². The average molecular weight is 199 g/mol. The zero-order valence-corrected chi connectivity index (χ0v) is 8.68. The van der Waals surface area contributed by atoms with E-state index in [9.17, 15) is 0 Å². The van der Waals surface area contributed by atoms with Gasteiger partial charge in [0.1, 0.15) is 5.75 Å². The van der Waals surface area contributed by atoms with E-state index < -0.39 is 0 Å². The maximum absolute atomic E-state index is 5.70. The number of hydrogen-bond donors (Lipinski definition) is 0. The molecule has 1 rings (SSSR count). The van der Waals surface area contributed by atoms with E-state index in [0.29, 0.717) is 5.88 Å². The van der Waals surface area contributed by atoms with Crippen LogP contribution in [-0.4, -0.2) is 6.61 Å². The molecule has 0 spiro atoms. The molecule has 0 heterocycles. The Balaban J connectivity index is 2.46. The molecule has 0 unspecified atom stereocenters. The number of benzene rings is 1. The van der Waals surface area contributed by atoms with Crippen molar-refractivity contribution in [2.45, 2.75) is 25.6 Å². The van der Waals surface area contributed by atoms with Gasteiger partial charge in [-0.05, 0) is 24.1 Å². The Morgan fingerprint density at radius 3 is 2.92 bits per heavy atom. The second-order valence-corrected chi connectivity index (χ2v) is 3.25. The monoisotopic (exact) mass is 198 g/mol. The van der Waals surface area contributed by atoms with Gasteiger partial charge >= 0.3 is 0 Å². The Morgan fingerprint density at radius 2 is 2.23 bits per heavy atom. The first-order chi connectivity index (χ1) is 6.36. The molecule has 0 fully saturated rings. The Bertz CT molecular complexity index is 248. The minimum Gasteiger partial charge on any atom is -0.494 e. The van der Waals surface area contributed by atoms with Gasteiger partial charge in [0, 0.05) is 5.88 Å². The van der Waals surface area contributed by atoms with E-state index in [1.807, 2.05) is 24.3 Å². The fourth-order valence-corrected chi connectivity index (χ4v) is 1.22. The third-order valence-corrected chi connectivity index (χ3v) is 2.13. The van der Waals surface area contributed by atoms with Crippen LogP contribution in [0.3, 0.4) is 0 Å². The van der Waals surface area contributed by atoms with Crippen molar-refractivity contribution in [3.8, 4) is 5.75 Å². The number of alkyl halides is 1. The molecule has 13 heavy (non-hydrogen) atoms. The van der Waals surface area contributed by atoms with Crippen molar-refractivity contribution in [1.82, 2.24) is 0 Å². The molecule has 0 aliphatic heterocycles. The Hall–Kier alpha value is -0.690. The van der Waals surface area contributed by atoms with Gasteiger partial charge in [-0.3, -0.25) is 0 Å². The van der Waals surface area contributed by atoms with Gasteiger partial charge in [0.05, 0.1) is 6.61 Å². The molecule has 0 aliphatic rings. The summed E-state index contributed by atoms with van der Waals surface area (Å²) in [6.45, 7) is 2.95. The molecule has 0 aromatic heterocycles. The van der Waals surface area contributed by atoms with E-state index in [1.165, 1.54) is 0 Å². The van der Waals surface area contributed by atoms with Crippen molar-refractivity contribution in [2.24, 2.45) is 0 Å². The highest BCUT2D eigenvalue weighted by molar-refractivity contribution is 6.17. The van der Waals surface area contributed by atoms with E-state index in [-0.39, 0.29) is 0 Å². The normalized spacial score (nSPS) is 10.0. The maximum atomic E-state index is 5.70. The summed E-state index contributed by atoms with van der Waals surface area (Å²) in [6, 6.07) is 7.92. The minimum absolute atomic E-state index is 0.547. The van der Waals surface area contributed by atoms with Gasteiger partial charge in [-0.15, -0.1) is 11.6 Å². The molecular weight excluding hydrogens is 184 g/mol. The number of ether oxygens (including phenoxy) is 1. The Labute approximate surface area is 84.7 Å². The van der Waals surface area contributed by atoms with Crippen molar-refractivity contribution in [1.29, 1.82) is 0 Å². The summed E-state index contributed by atoms with van der Waals surface area (Å²) in [5.74, 6) is 1.47. The lowest BCUT2D eigenvalue weighted by Gasteiger charge is -2.05. The number of halogens is 1. The zero-order valence-electron chi connectivity index (χ0n) is 7.92. The second kappa shape index (κ2) is 5.87. The molecule has 0 N–H and O–H groups in total. The number of hydrogen-bond acceptors (Lipinski definition) is 1. The van der Waals surface area contributed by atoms with Crippen LogP contribution >= 0.6 is 11.6 Å². The van der Waals surface area contributed by atoms with Crippen molar-refractivity contribution >= 4 is 11.6 Å². The van der Waals surface area contributed by atoms with Gasteiger partial charge in [-0.2, -0.15) is 0 Å². The molecule has 0 bridgehead atoms. The molecular formula is C11H15ClO. The molecule has 1 aromatic carbocycles. The molecule has 0 amide bonds. The molecule has 0 saturated carbocycles. The molecule has 0 saturated heterocycles. The van der Waals surface area contributed by atoms with Crippen LogP contribution in [0.4, 0.5) is 0 Å². The average Bonchev–Trinajstić information content (AvgIpc) is 2.19. The fraction of sp³-hybridized carbons (Fsp3) is 0.455. The lowest BCUT2D eigenvalue weighted by molar-refractivity contribution is 0.309. The summed E-state index contributed by atoms with van der Waals surface area (Å²) in [4.78, 5) is 0. The molecule has 1 aromatic rings. The summed E-state index contributed by atoms with van der Waals surface area (Å²) < 4.78 is 5.53. The molecule has 1 nitrogen and oxygen atoms in total. The van der Waals surface area contributed by atoms with Crippen LogP contribution < -0.4 is 4.74 Å².